The highest BCUT2D eigenvalue weighted by atomic mass is 19.1. The lowest BCUT2D eigenvalue weighted by Gasteiger charge is -2.10. The number of nitrogens with one attached hydrogen (secondary N) is 1. The van der Waals surface area contributed by atoms with Crippen molar-refractivity contribution in [3.63, 3.8) is 0 Å². The maximum atomic E-state index is 14.3. The number of hydrogen-bond donors (Lipinski definition) is 1. The Kier molecular flexibility index (Phi) is 5.47. The number of halogens is 1. The summed E-state index contributed by atoms with van der Waals surface area (Å²) in [5.41, 5.74) is 1.62. The number of pyridine rings is 1. The molecule has 0 unspecified atom stereocenters. The van der Waals surface area contributed by atoms with Crippen LogP contribution in [0.4, 0.5) is 4.39 Å². The molecule has 0 fully saturated rings. The number of rotatable bonds is 6. The smallest absolute Gasteiger partial charge is 0.224 e. The molecular weight excluding hydrogens is 367 g/mol. The van der Waals surface area contributed by atoms with Gasteiger partial charge in [0, 0.05) is 12.7 Å². The zero-order valence-corrected chi connectivity index (χ0v) is 15.6. The second-order valence-corrected chi connectivity index (χ2v) is 6.65. The van der Waals surface area contributed by atoms with Crippen molar-refractivity contribution in [3.8, 4) is 11.5 Å². The minimum atomic E-state index is -0.491. The molecule has 4 nitrogen and oxygen atoms in total. The van der Waals surface area contributed by atoms with E-state index in [0.717, 1.165) is 16.3 Å². The molecule has 4 aromatic rings. The van der Waals surface area contributed by atoms with E-state index in [2.05, 4.69) is 10.3 Å². The number of fused-ring (bicyclic) bond motifs is 1. The van der Waals surface area contributed by atoms with Gasteiger partial charge in [-0.1, -0.05) is 48.5 Å². The summed E-state index contributed by atoms with van der Waals surface area (Å²) in [7, 11) is 0. The third-order valence-corrected chi connectivity index (χ3v) is 4.58. The lowest BCUT2D eigenvalue weighted by Crippen LogP contribution is -2.24. The van der Waals surface area contributed by atoms with Crippen LogP contribution in [0.2, 0.25) is 0 Å². The van der Waals surface area contributed by atoms with E-state index < -0.39 is 5.82 Å². The largest absolute Gasteiger partial charge is 0.453 e. The summed E-state index contributed by atoms with van der Waals surface area (Å²) < 4.78 is 19.8. The monoisotopic (exact) mass is 386 g/mol. The molecule has 0 atom stereocenters. The molecule has 0 saturated heterocycles. The quantitative estimate of drug-likeness (QED) is 0.506. The number of ether oxygens (including phenoxy) is 1. The fourth-order valence-electron chi connectivity index (χ4n) is 3.15. The first-order chi connectivity index (χ1) is 14.2. The Morgan fingerprint density at radius 3 is 2.69 bits per heavy atom. The van der Waals surface area contributed by atoms with Crippen LogP contribution < -0.4 is 10.1 Å². The molecule has 144 valence electrons. The summed E-state index contributed by atoms with van der Waals surface area (Å²) in [5.74, 6) is -0.0292. The molecule has 0 aliphatic carbocycles. The second kappa shape index (κ2) is 8.52. The molecule has 1 aromatic heterocycles. The number of aromatic nitrogens is 1. The van der Waals surface area contributed by atoms with Gasteiger partial charge in [-0.05, 0) is 46.2 Å². The van der Waals surface area contributed by atoms with Crippen molar-refractivity contribution in [2.45, 2.75) is 13.0 Å². The van der Waals surface area contributed by atoms with E-state index >= 15 is 0 Å². The van der Waals surface area contributed by atoms with Crippen LogP contribution in [0.3, 0.4) is 0 Å². The standard InChI is InChI=1S/C24H19FN2O2/c25-22-13-17(10-11-23(22)29-20-8-4-12-26-16-20)15-27-24(28)14-19-7-3-6-18-5-1-2-9-21(18)19/h1-13,16H,14-15H2,(H,27,28). The number of nitrogens with zero attached hydrogens (tertiary/aromatic N) is 1. The predicted molar refractivity (Wildman–Crippen MR) is 110 cm³/mol. The van der Waals surface area contributed by atoms with E-state index in [1.807, 2.05) is 42.5 Å². The molecule has 0 aliphatic heterocycles. The van der Waals surface area contributed by atoms with Crippen molar-refractivity contribution in [1.82, 2.24) is 10.3 Å². The van der Waals surface area contributed by atoms with E-state index in [4.69, 9.17) is 4.74 Å². The van der Waals surface area contributed by atoms with E-state index in [1.54, 1.807) is 30.5 Å². The Morgan fingerprint density at radius 2 is 1.86 bits per heavy atom. The summed E-state index contributed by atoms with van der Waals surface area (Å²) in [6.45, 7) is 0.244. The Hall–Kier alpha value is -3.73. The van der Waals surface area contributed by atoms with Gasteiger partial charge in [0.05, 0.1) is 12.6 Å². The van der Waals surface area contributed by atoms with Crippen molar-refractivity contribution in [1.29, 1.82) is 0 Å². The average molecular weight is 386 g/mol. The Balaban J connectivity index is 1.38. The van der Waals surface area contributed by atoms with Crippen LogP contribution in [-0.4, -0.2) is 10.9 Å². The van der Waals surface area contributed by atoms with Gasteiger partial charge in [0.25, 0.3) is 0 Å². The molecule has 0 radical (unpaired) electrons. The van der Waals surface area contributed by atoms with Crippen LogP contribution in [0.1, 0.15) is 11.1 Å². The number of carbonyl (C=O) groups excluding carboxylic acids is 1. The van der Waals surface area contributed by atoms with E-state index in [9.17, 15) is 9.18 Å². The van der Waals surface area contributed by atoms with Crippen LogP contribution in [0.5, 0.6) is 11.5 Å². The van der Waals surface area contributed by atoms with Gasteiger partial charge in [-0.25, -0.2) is 4.39 Å². The summed E-state index contributed by atoms with van der Waals surface area (Å²) >= 11 is 0. The van der Waals surface area contributed by atoms with Crippen molar-refractivity contribution >= 4 is 16.7 Å². The van der Waals surface area contributed by atoms with E-state index in [0.29, 0.717) is 11.3 Å². The molecule has 0 aliphatic rings. The summed E-state index contributed by atoms with van der Waals surface area (Å²) in [4.78, 5) is 16.3. The van der Waals surface area contributed by atoms with Crippen molar-refractivity contribution in [2.24, 2.45) is 0 Å². The lowest BCUT2D eigenvalue weighted by atomic mass is 10.0. The second-order valence-electron chi connectivity index (χ2n) is 6.65. The van der Waals surface area contributed by atoms with Crippen LogP contribution in [0, 0.1) is 5.82 Å². The average Bonchev–Trinajstić information content (AvgIpc) is 2.75. The molecule has 3 aromatic carbocycles. The van der Waals surface area contributed by atoms with Crippen LogP contribution in [0.25, 0.3) is 10.8 Å². The highest BCUT2D eigenvalue weighted by molar-refractivity contribution is 5.90. The van der Waals surface area contributed by atoms with Gasteiger partial charge in [0.1, 0.15) is 5.75 Å². The zero-order chi connectivity index (χ0) is 20.1. The number of carbonyl (C=O) groups is 1. The Morgan fingerprint density at radius 1 is 1.00 bits per heavy atom. The van der Waals surface area contributed by atoms with Crippen LogP contribution in [-0.2, 0) is 17.8 Å². The minimum absolute atomic E-state index is 0.113. The van der Waals surface area contributed by atoms with Gasteiger partial charge in [-0.2, -0.15) is 0 Å². The fourth-order valence-corrected chi connectivity index (χ4v) is 3.15. The Labute approximate surface area is 168 Å². The third kappa shape index (κ3) is 4.58. The summed E-state index contributed by atoms with van der Waals surface area (Å²) in [6, 6.07) is 21.9. The highest BCUT2D eigenvalue weighted by Crippen LogP contribution is 2.24. The van der Waals surface area contributed by atoms with Gasteiger partial charge < -0.3 is 10.1 Å². The topological polar surface area (TPSA) is 51.2 Å². The predicted octanol–water partition coefficient (Wildman–Crippen LogP) is 5.03. The molecule has 1 N–H and O–H groups in total. The molecular formula is C24H19FN2O2. The lowest BCUT2D eigenvalue weighted by molar-refractivity contribution is -0.120. The van der Waals surface area contributed by atoms with E-state index in [1.165, 1.54) is 12.3 Å². The maximum Gasteiger partial charge on any atom is 0.224 e. The highest BCUT2D eigenvalue weighted by Gasteiger charge is 2.09. The van der Waals surface area contributed by atoms with Gasteiger partial charge in [-0.3, -0.25) is 9.78 Å². The first-order valence-corrected chi connectivity index (χ1v) is 9.29. The molecule has 0 saturated carbocycles. The number of amides is 1. The number of benzene rings is 3. The van der Waals surface area contributed by atoms with Gasteiger partial charge in [-0.15, -0.1) is 0 Å². The maximum absolute atomic E-state index is 14.3. The van der Waals surface area contributed by atoms with Gasteiger partial charge in [0.2, 0.25) is 5.91 Å². The molecule has 0 spiro atoms. The Bertz CT molecular complexity index is 1140. The first kappa shape index (κ1) is 18.6. The van der Waals surface area contributed by atoms with Gasteiger partial charge >= 0.3 is 0 Å². The number of hydrogen-bond acceptors (Lipinski definition) is 3. The van der Waals surface area contributed by atoms with Gasteiger partial charge in [0.15, 0.2) is 11.6 Å². The first-order valence-electron chi connectivity index (χ1n) is 9.29. The SMILES string of the molecule is O=C(Cc1cccc2ccccc12)NCc1ccc(Oc2cccnc2)c(F)c1. The molecule has 4 rings (SSSR count). The molecule has 5 heteroatoms. The molecule has 0 bridgehead atoms. The molecule has 1 amide bonds. The summed E-state index contributed by atoms with van der Waals surface area (Å²) in [5, 5.41) is 5.02. The van der Waals surface area contributed by atoms with Crippen molar-refractivity contribution < 1.29 is 13.9 Å². The fraction of sp³-hybridized carbons (Fsp3) is 0.0833. The molecule has 1 heterocycles. The van der Waals surface area contributed by atoms with Crippen molar-refractivity contribution in [3.05, 3.63) is 102 Å². The normalized spacial score (nSPS) is 10.7. The third-order valence-electron chi connectivity index (χ3n) is 4.58. The summed E-state index contributed by atoms with van der Waals surface area (Å²) in [6.07, 6.45) is 3.40. The zero-order valence-electron chi connectivity index (χ0n) is 15.6. The van der Waals surface area contributed by atoms with Crippen LogP contribution >= 0.6 is 0 Å². The molecule has 29 heavy (non-hydrogen) atoms. The minimum Gasteiger partial charge on any atom is -0.453 e. The van der Waals surface area contributed by atoms with Crippen LogP contribution in [0.15, 0.2) is 85.2 Å². The van der Waals surface area contributed by atoms with Crippen molar-refractivity contribution in [2.75, 3.05) is 0 Å². The van der Waals surface area contributed by atoms with E-state index in [-0.39, 0.29) is 24.6 Å².